The van der Waals surface area contributed by atoms with Crippen molar-refractivity contribution >= 4 is 51.4 Å². The van der Waals surface area contributed by atoms with Crippen LogP contribution in [0.1, 0.15) is 20.7 Å². The van der Waals surface area contributed by atoms with Crippen LogP contribution in [0.4, 0.5) is 10.1 Å². The van der Waals surface area contributed by atoms with E-state index in [-0.39, 0.29) is 11.3 Å². The summed E-state index contributed by atoms with van der Waals surface area (Å²) in [4.78, 5) is 22.9. The van der Waals surface area contributed by atoms with Crippen molar-refractivity contribution in [3.63, 3.8) is 0 Å². The van der Waals surface area contributed by atoms with Crippen LogP contribution in [-0.2, 0) is 0 Å². The Bertz CT molecular complexity index is 657. The van der Waals surface area contributed by atoms with Crippen molar-refractivity contribution in [2.24, 2.45) is 5.73 Å². The van der Waals surface area contributed by atoms with E-state index in [1.165, 1.54) is 23.5 Å². The Kier molecular flexibility index (Phi) is 4.15. The number of anilines is 1. The second-order valence-electron chi connectivity index (χ2n) is 3.65. The summed E-state index contributed by atoms with van der Waals surface area (Å²) in [5.41, 5.74) is 5.62. The van der Waals surface area contributed by atoms with Crippen molar-refractivity contribution in [1.29, 1.82) is 0 Å². The summed E-state index contributed by atoms with van der Waals surface area (Å²) in [5, 5.41) is 4.09. The normalized spacial score (nSPS) is 10.2. The molecule has 0 aliphatic carbocycles. The quantitative estimate of drug-likeness (QED) is 0.792. The van der Waals surface area contributed by atoms with Crippen LogP contribution in [-0.4, -0.2) is 11.8 Å². The van der Waals surface area contributed by atoms with Gasteiger partial charge >= 0.3 is 0 Å². The number of primary amides is 1. The van der Waals surface area contributed by atoms with Gasteiger partial charge < -0.3 is 11.1 Å². The van der Waals surface area contributed by atoms with E-state index in [0.717, 1.165) is 8.95 Å². The number of nitrogens with one attached hydrogen (secondary N) is 1. The molecule has 0 radical (unpaired) electrons. The van der Waals surface area contributed by atoms with Crippen LogP contribution in [0.3, 0.4) is 0 Å². The Morgan fingerprint density at radius 3 is 2.58 bits per heavy atom. The summed E-state index contributed by atoms with van der Waals surface area (Å²) in [6.45, 7) is 0. The molecule has 0 bridgehead atoms. The topological polar surface area (TPSA) is 72.2 Å². The number of hydrogen-bond donors (Lipinski definition) is 2. The standard InChI is InChI=1S/C12H8FIN2O2S/c13-8-2-1-6(11(15)17)3-9(8)16-12(18)7-4-10(14)19-5-7/h1-5H,(H2,15,17)(H,16,18). The van der Waals surface area contributed by atoms with Gasteiger partial charge in [0.25, 0.3) is 5.91 Å². The van der Waals surface area contributed by atoms with Crippen LogP contribution in [0.5, 0.6) is 0 Å². The molecular weight excluding hydrogens is 382 g/mol. The smallest absolute Gasteiger partial charge is 0.256 e. The van der Waals surface area contributed by atoms with Crippen LogP contribution in [0.25, 0.3) is 0 Å². The second-order valence-corrected chi connectivity index (χ2v) is 6.46. The van der Waals surface area contributed by atoms with E-state index >= 15 is 0 Å². The highest BCUT2D eigenvalue weighted by Gasteiger charge is 2.12. The lowest BCUT2D eigenvalue weighted by molar-refractivity contribution is 0.0996. The molecule has 19 heavy (non-hydrogen) atoms. The molecule has 2 amide bonds. The molecule has 3 N–H and O–H groups in total. The van der Waals surface area contributed by atoms with Crippen LogP contribution in [0, 0.1) is 8.70 Å². The van der Waals surface area contributed by atoms with Crippen LogP contribution in [0.2, 0.25) is 0 Å². The Labute approximate surface area is 125 Å². The molecule has 1 heterocycles. The molecule has 0 fully saturated rings. The lowest BCUT2D eigenvalue weighted by atomic mass is 10.2. The van der Waals surface area contributed by atoms with Crippen molar-refractivity contribution < 1.29 is 14.0 Å². The largest absolute Gasteiger partial charge is 0.366 e. The minimum atomic E-state index is -0.680. The highest BCUT2D eigenvalue weighted by molar-refractivity contribution is 14.1. The average Bonchev–Trinajstić information content (AvgIpc) is 2.78. The van der Waals surface area contributed by atoms with E-state index in [4.69, 9.17) is 5.73 Å². The number of hydrogen-bond acceptors (Lipinski definition) is 3. The van der Waals surface area contributed by atoms with E-state index in [1.54, 1.807) is 11.4 Å². The number of rotatable bonds is 3. The highest BCUT2D eigenvalue weighted by Crippen LogP contribution is 2.20. The van der Waals surface area contributed by atoms with Gasteiger partial charge in [0.05, 0.1) is 14.1 Å². The van der Waals surface area contributed by atoms with Gasteiger partial charge in [-0.3, -0.25) is 9.59 Å². The predicted octanol–water partition coefficient (Wildman–Crippen LogP) is 2.84. The maximum Gasteiger partial charge on any atom is 0.256 e. The molecule has 0 aliphatic rings. The van der Waals surface area contributed by atoms with Crippen molar-refractivity contribution in [2.75, 3.05) is 5.32 Å². The zero-order chi connectivity index (χ0) is 14.0. The van der Waals surface area contributed by atoms with E-state index in [0.29, 0.717) is 5.56 Å². The average molecular weight is 390 g/mol. The predicted molar refractivity (Wildman–Crippen MR) is 79.9 cm³/mol. The van der Waals surface area contributed by atoms with Gasteiger partial charge in [0, 0.05) is 10.9 Å². The molecule has 0 spiro atoms. The summed E-state index contributed by atoms with van der Waals surface area (Å²) in [5.74, 6) is -1.73. The maximum atomic E-state index is 13.5. The van der Waals surface area contributed by atoms with Gasteiger partial charge in [0.1, 0.15) is 5.82 Å². The van der Waals surface area contributed by atoms with E-state index in [1.807, 2.05) is 0 Å². The van der Waals surface area contributed by atoms with Gasteiger partial charge in [0.15, 0.2) is 0 Å². The fourth-order valence-corrected chi connectivity index (χ4v) is 2.72. The molecule has 1 aromatic carbocycles. The minimum absolute atomic E-state index is 0.0671. The SMILES string of the molecule is NC(=O)c1ccc(F)c(NC(=O)c2csc(I)c2)c1. The van der Waals surface area contributed by atoms with Gasteiger partial charge in [-0.1, -0.05) is 0 Å². The zero-order valence-electron chi connectivity index (χ0n) is 9.44. The van der Waals surface area contributed by atoms with Crippen LogP contribution in [0.15, 0.2) is 29.6 Å². The van der Waals surface area contributed by atoms with E-state index in [9.17, 15) is 14.0 Å². The Morgan fingerprint density at radius 1 is 1.26 bits per heavy atom. The summed E-state index contributed by atoms with van der Waals surface area (Å²) >= 11 is 3.50. The second kappa shape index (κ2) is 5.66. The number of carbonyl (C=O) groups excluding carboxylic acids is 2. The molecule has 0 saturated carbocycles. The lowest BCUT2D eigenvalue weighted by Crippen LogP contribution is -2.15. The van der Waals surface area contributed by atoms with Crippen LogP contribution < -0.4 is 11.1 Å². The third-order valence-electron chi connectivity index (χ3n) is 2.33. The zero-order valence-corrected chi connectivity index (χ0v) is 12.4. The molecule has 0 aliphatic heterocycles. The molecule has 0 saturated heterocycles. The number of nitrogens with two attached hydrogens (primary N) is 1. The van der Waals surface area contributed by atoms with E-state index < -0.39 is 17.6 Å². The first-order valence-corrected chi connectivity index (χ1v) is 7.08. The fourth-order valence-electron chi connectivity index (χ4n) is 1.40. The third-order valence-corrected chi connectivity index (χ3v) is 4.12. The summed E-state index contributed by atoms with van der Waals surface area (Å²) in [7, 11) is 0. The molecule has 0 atom stereocenters. The number of carbonyl (C=O) groups is 2. The Balaban J connectivity index is 2.25. The highest BCUT2D eigenvalue weighted by atomic mass is 127. The van der Waals surface area contributed by atoms with Crippen LogP contribution >= 0.6 is 33.9 Å². The monoisotopic (exact) mass is 390 g/mol. The van der Waals surface area contributed by atoms with Gasteiger partial charge in [-0.15, -0.1) is 11.3 Å². The summed E-state index contributed by atoms with van der Waals surface area (Å²) in [6.07, 6.45) is 0. The first kappa shape index (κ1) is 13.9. The van der Waals surface area contributed by atoms with Crippen molar-refractivity contribution in [3.05, 3.63) is 49.5 Å². The Hall–Kier alpha value is -1.48. The molecule has 7 heteroatoms. The van der Waals surface area contributed by atoms with Crippen molar-refractivity contribution in [1.82, 2.24) is 0 Å². The molecule has 1 aromatic heterocycles. The molecular formula is C12H8FIN2O2S. The minimum Gasteiger partial charge on any atom is -0.366 e. The first-order valence-electron chi connectivity index (χ1n) is 5.12. The van der Waals surface area contributed by atoms with Gasteiger partial charge in [-0.25, -0.2) is 4.39 Å². The van der Waals surface area contributed by atoms with Gasteiger partial charge in [0.2, 0.25) is 5.91 Å². The maximum absolute atomic E-state index is 13.5. The molecule has 4 nitrogen and oxygen atoms in total. The summed E-state index contributed by atoms with van der Waals surface area (Å²) in [6, 6.07) is 5.26. The fraction of sp³-hybridized carbons (Fsp3) is 0. The number of halogens is 2. The number of benzene rings is 1. The molecule has 2 rings (SSSR count). The molecule has 2 aromatic rings. The summed E-state index contributed by atoms with van der Waals surface area (Å²) < 4.78 is 14.5. The van der Waals surface area contributed by atoms with Crippen molar-refractivity contribution in [2.45, 2.75) is 0 Å². The van der Waals surface area contributed by atoms with Crippen molar-refractivity contribution in [3.8, 4) is 0 Å². The molecule has 98 valence electrons. The molecule has 0 unspecified atom stereocenters. The number of thiophene rings is 1. The first-order chi connectivity index (χ1) is 8.97. The van der Waals surface area contributed by atoms with Gasteiger partial charge in [-0.05, 0) is 46.9 Å². The van der Waals surface area contributed by atoms with Gasteiger partial charge in [-0.2, -0.15) is 0 Å². The third kappa shape index (κ3) is 3.29. The van der Waals surface area contributed by atoms with E-state index in [2.05, 4.69) is 27.9 Å². The lowest BCUT2D eigenvalue weighted by Gasteiger charge is -2.06. The Morgan fingerprint density at radius 2 is 2.00 bits per heavy atom. The number of amides is 2.